The number of halogens is 2. The highest BCUT2D eigenvalue weighted by molar-refractivity contribution is 5.85. The summed E-state index contributed by atoms with van der Waals surface area (Å²) in [6.45, 7) is 4.00. The molecule has 1 aliphatic carbocycles. The fourth-order valence-electron chi connectivity index (χ4n) is 2.70. The number of hydrogen-bond acceptors (Lipinski definition) is 2. The van der Waals surface area contributed by atoms with E-state index in [2.05, 4.69) is 5.32 Å². The van der Waals surface area contributed by atoms with E-state index in [1.165, 1.54) is 12.1 Å². The van der Waals surface area contributed by atoms with Crippen LogP contribution in [0.5, 0.6) is 0 Å². The van der Waals surface area contributed by atoms with E-state index in [0.717, 1.165) is 25.3 Å². The molecule has 0 bridgehead atoms. The van der Waals surface area contributed by atoms with E-state index in [4.69, 9.17) is 5.73 Å². The number of hydrogen-bond donors (Lipinski definition) is 2. The third-order valence-corrected chi connectivity index (χ3v) is 4.23. The van der Waals surface area contributed by atoms with Crippen LogP contribution in [0.3, 0.4) is 0 Å². The molecule has 0 aliphatic heterocycles. The summed E-state index contributed by atoms with van der Waals surface area (Å²) in [6, 6.07) is 3.61. The number of nitrogens with two attached hydrogens (primary N) is 1. The Bertz CT molecular complexity index is 539. The molecule has 3 N–H and O–H groups in total. The van der Waals surface area contributed by atoms with Crippen molar-refractivity contribution < 1.29 is 13.6 Å². The molecular weight excluding hydrogens is 274 g/mol. The highest BCUT2D eigenvalue weighted by atomic mass is 19.1. The molecule has 2 rings (SSSR count). The minimum absolute atomic E-state index is 0.224. The molecule has 3 nitrogen and oxygen atoms in total. The Morgan fingerprint density at radius 2 is 2.10 bits per heavy atom. The zero-order chi connectivity index (χ0) is 15.7. The molecule has 1 aliphatic rings. The number of carbonyl (C=O) groups is 1. The number of carbonyl (C=O) groups excluding carboxylic acids is 1. The van der Waals surface area contributed by atoms with Crippen LogP contribution in [-0.2, 0) is 10.2 Å². The largest absolute Gasteiger partial charge is 0.354 e. The van der Waals surface area contributed by atoms with Crippen LogP contribution in [-0.4, -0.2) is 18.0 Å². The Balaban J connectivity index is 2.04. The maximum absolute atomic E-state index is 13.9. The third-order valence-electron chi connectivity index (χ3n) is 4.23. The standard InChI is InChI=1S/C16H22F2N2O/c1-3-6-15(2,19)14(21)20-10-16(7-8-16)12-5-4-11(17)9-13(12)18/h4-5,9H,3,6-8,10,19H2,1-2H3,(H,20,21). The molecule has 0 heterocycles. The molecule has 0 aromatic heterocycles. The Labute approximate surface area is 123 Å². The van der Waals surface area contributed by atoms with E-state index < -0.39 is 22.6 Å². The van der Waals surface area contributed by atoms with Crippen LogP contribution in [0.2, 0.25) is 0 Å². The minimum atomic E-state index is -0.911. The monoisotopic (exact) mass is 296 g/mol. The van der Waals surface area contributed by atoms with Gasteiger partial charge in [0, 0.05) is 18.0 Å². The van der Waals surface area contributed by atoms with Crippen LogP contribution in [0.1, 0.15) is 45.1 Å². The Morgan fingerprint density at radius 1 is 1.43 bits per heavy atom. The van der Waals surface area contributed by atoms with Crippen LogP contribution in [0, 0.1) is 11.6 Å². The van der Waals surface area contributed by atoms with Crippen LogP contribution in [0.15, 0.2) is 18.2 Å². The topological polar surface area (TPSA) is 55.1 Å². The predicted octanol–water partition coefficient (Wildman–Crippen LogP) is 2.63. The van der Waals surface area contributed by atoms with Gasteiger partial charge in [0.2, 0.25) is 5.91 Å². The molecule has 0 spiro atoms. The molecule has 1 atom stereocenters. The Kier molecular flexibility index (Phi) is 4.33. The van der Waals surface area contributed by atoms with Crippen molar-refractivity contribution in [1.82, 2.24) is 5.32 Å². The number of amides is 1. The van der Waals surface area contributed by atoms with Gasteiger partial charge in [-0.2, -0.15) is 0 Å². The summed E-state index contributed by atoms with van der Waals surface area (Å²) in [6.07, 6.45) is 2.98. The van der Waals surface area contributed by atoms with Crippen molar-refractivity contribution in [3.63, 3.8) is 0 Å². The minimum Gasteiger partial charge on any atom is -0.354 e. The molecule has 1 aromatic rings. The normalized spacial score (nSPS) is 18.9. The van der Waals surface area contributed by atoms with Gasteiger partial charge in [-0.15, -0.1) is 0 Å². The van der Waals surface area contributed by atoms with Gasteiger partial charge in [0.1, 0.15) is 11.6 Å². The smallest absolute Gasteiger partial charge is 0.239 e. The van der Waals surface area contributed by atoms with Gasteiger partial charge in [-0.1, -0.05) is 19.4 Å². The van der Waals surface area contributed by atoms with Crippen molar-refractivity contribution in [2.45, 2.75) is 50.5 Å². The first-order valence-corrected chi connectivity index (χ1v) is 7.33. The van der Waals surface area contributed by atoms with Crippen molar-refractivity contribution in [2.75, 3.05) is 6.54 Å². The quantitative estimate of drug-likeness (QED) is 0.848. The second-order valence-corrected chi connectivity index (χ2v) is 6.25. The lowest BCUT2D eigenvalue weighted by molar-refractivity contribution is -0.126. The van der Waals surface area contributed by atoms with Gasteiger partial charge in [0.05, 0.1) is 5.54 Å². The first kappa shape index (κ1) is 15.9. The first-order chi connectivity index (χ1) is 9.81. The van der Waals surface area contributed by atoms with Crippen molar-refractivity contribution in [3.8, 4) is 0 Å². The molecule has 1 aromatic carbocycles. The molecule has 1 fully saturated rings. The summed E-state index contributed by atoms with van der Waals surface area (Å²) in [5.74, 6) is -1.36. The molecule has 1 amide bonds. The molecule has 1 saturated carbocycles. The average molecular weight is 296 g/mol. The number of benzene rings is 1. The lowest BCUT2D eigenvalue weighted by Gasteiger charge is -2.25. The molecule has 0 radical (unpaired) electrons. The van der Waals surface area contributed by atoms with Crippen molar-refractivity contribution in [2.24, 2.45) is 5.73 Å². The van der Waals surface area contributed by atoms with E-state index in [9.17, 15) is 13.6 Å². The Morgan fingerprint density at radius 3 is 2.62 bits per heavy atom. The molecule has 116 valence electrons. The van der Waals surface area contributed by atoms with Crippen LogP contribution < -0.4 is 11.1 Å². The second-order valence-electron chi connectivity index (χ2n) is 6.25. The maximum Gasteiger partial charge on any atom is 0.239 e. The summed E-state index contributed by atoms with van der Waals surface area (Å²) >= 11 is 0. The summed E-state index contributed by atoms with van der Waals surface area (Å²) < 4.78 is 26.9. The zero-order valence-electron chi connectivity index (χ0n) is 12.5. The lowest BCUT2D eigenvalue weighted by atomic mass is 9.93. The van der Waals surface area contributed by atoms with Gasteiger partial charge in [-0.3, -0.25) is 4.79 Å². The second kappa shape index (κ2) is 5.72. The van der Waals surface area contributed by atoms with Crippen LogP contribution in [0.25, 0.3) is 0 Å². The first-order valence-electron chi connectivity index (χ1n) is 7.33. The average Bonchev–Trinajstić information content (AvgIpc) is 3.16. The molecular formula is C16H22F2N2O. The molecule has 1 unspecified atom stereocenters. The molecule has 0 saturated heterocycles. The SMILES string of the molecule is CCCC(C)(N)C(=O)NCC1(c2ccc(F)cc2F)CC1. The van der Waals surface area contributed by atoms with Gasteiger partial charge >= 0.3 is 0 Å². The van der Waals surface area contributed by atoms with E-state index in [1.54, 1.807) is 6.92 Å². The van der Waals surface area contributed by atoms with Gasteiger partial charge in [0.15, 0.2) is 0 Å². The number of nitrogens with one attached hydrogen (secondary N) is 1. The van der Waals surface area contributed by atoms with Crippen molar-refractivity contribution in [1.29, 1.82) is 0 Å². The summed E-state index contributed by atoms with van der Waals surface area (Å²) in [5, 5.41) is 2.83. The predicted molar refractivity (Wildman–Crippen MR) is 77.8 cm³/mol. The van der Waals surface area contributed by atoms with Crippen LogP contribution >= 0.6 is 0 Å². The summed E-state index contributed by atoms with van der Waals surface area (Å²) in [5.41, 5.74) is 5.13. The summed E-state index contributed by atoms with van der Waals surface area (Å²) in [4.78, 5) is 12.1. The van der Waals surface area contributed by atoms with E-state index in [1.807, 2.05) is 6.92 Å². The highest BCUT2D eigenvalue weighted by Crippen LogP contribution is 2.48. The molecule has 21 heavy (non-hydrogen) atoms. The maximum atomic E-state index is 13.9. The van der Waals surface area contributed by atoms with Gasteiger partial charge in [-0.25, -0.2) is 8.78 Å². The highest BCUT2D eigenvalue weighted by Gasteiger charge is 2.46. The number of rotatable bonds is 6. The van der Waals surface area contributed by atoms with Crippen LogP contribution in [0.4, 0.5) is 8.78 Å². The Hall–Kier alpha value is -1.49. The van der Waals surface area contributed by atoms with Gasteiger partial charge < -0.3 is 11.1 Å². The fraction of sp³-hybridized carbons (Fsp3) is 0.562. The lowest BCUT2D eigenvalue weighted by Crippen LogP contribution is -2.52. The summed E-state index contributed by atoms with van der Waals surface area (Å²) in [7, 11) is 0. The van der Waals surface area contributed by atoms with E-state index in [0.29, 0.717) is 18.5 Å². The van der Waals surface area contributed by atoms with E-state index in [-0.39, 0.29) is 5.91 Å². The van der Waals surface area contributed by atoms with Crippen molar-refractivity contribution in [3.05, 3.63) is 35.4 Å². The third kappa shape index (κ3) is 3.40. The van der Waals surface area contributed by atoms with Gasteiger partial charge in [-0.05, 0) is 37.8 Å². The molecule has 5 heteroatoms. The fourth-order valence-corrected chi connectivity index (χ4v) is 2.70. The van der Waals surface area contributed by atoms with E-state index >= 15 is 0 Å². The van der Waals surface area contributed by atoms with Crippen molar-refractivity contribution >= 4 is 5.91 Å². The van der Waals surface area contributed by atoms with Gasteiger partial charge in [0.25, 0.3) is 0 Å². The zero-order valence-corrected chi connectivity index (χ0v) is 12.5.